The van der Waals surface area contributed by atoms with E-state index in [-0.39, 0.29) is 18.8 Å². The van der Waals surface area contributed by atoms with Gasteiger partial charge in [0.15, 0.2) is 17.4 Å². The lowest BCUT2D eigenvalue weighted by molar-refractivity contribution is 0.129. The zero-order chi connectivity index (χ0) is 15.0. The van der Waals surface area contributed by atoms with Crippen LogP contribution in [-0.4, -0.2) is 38.8 Å². The minimum Gasteiger partial charge on any atom is -0.503 e. The molecule has 3 rings (SSSR count). The highest BCUT2D eigenvalue weighted by Crippen LogP contribution is 2.29. The van der Waals surface area contributed by atoms with E-state index in [9.17, 15) is 13.6 Å². The Balaban J connectivity index is 1.79. The van der Waals surface area contributed by atoms with E-state index < -0.39 is 29.6 Å². The predicted octanol–water partition coefficient (Wildman–Crippen LogP) is 1.29. The van der Waals surface area contributed by atoms with Gasteiger partial charge in [0.2, 0.25) is 0 Å². The fraction of sp³-hybridized carbons (Fsp3) is 0.250. The number of amides is 1. The number of carbonyl (C=O) groups excluding carboxylic acids is 1. The van der Waals surface area contributed by atoms with Crippen LogP contribution in [0.1, 0.15) is 0 Å². The molecule has 0 aliphatic carbocycles. The van der Waals surface area contributed by atoms with Crippen LogP contribution in [0.4, 0.5) is 19.3 Å². The van der Waals surface area contributed by atoms with E-state index in [1.165, 1.54) is 10.9 Å². The summed E-state index contributed by atoms with van der Waals surface area (Å²) >= 11 is 0. The van der Waals surface area contributed by atoms with Crippen LogP contribution in [-0.2, 0) is 11.3 Å². The summed E-state index contributed by atoms with van der Waals surface area (Å²) in [5, 5.41) is 16.4. The average Bonchev–Trinajstić information content (AvgIpc) is 3.06. The Morgan fingerprint density at radius 3 is 2.71 bits per heavy atom. The molecule has 1 atom stereocenters. The van der Waals surface area contributed by atoms with Crippen molar-refractivity contribution in [3.63, 3.8) is 0 Å². The second-order valence-corrected chi connectivity index (χ2v) is 4.50. The number of hydrogen-bond donors (Lipinski definition) is 1. The molecular weight excluding hydrogens is 286 g/mol. The van der Waals surface area contributed by atoms with Crippen LogP contribution in [0.25, 0.3) is 0 Å². The van der Waals surface area contributed by atoms with Gasteiger partial charge in [-0.3, -0.25) is 4.90 Å². The first kappa shape index (κ1) is 13.3. The van der Waals surface area contributed by atoms with Gasteiger partial charge in [0.25, 0.3) is 0 Å². The van der Waals surface area contributed by atoms with Crippen molar-refractivity contribution in [1.29, 1.82) is 0 Å². The van der Waals surface area contributed by atoms with Crippen molar-refractivity contribution < 1.29 is 23.4 Å². The van der Waals surface area contributed by atoms with Crippen LogP contribution in [0.2, 0.25) is 0 Å². The molecule has 0 spiro atoms. The third-order valence-electron chi connectivity index (χ3n) is 3.05. The van der Waals surface area contributed by atoms with Crippen molar-refractivity contribution in [3.8, 4) is 5.75 Å². The fourth-order valence-corrected chi connectivity index (χ4v) is 2.07. The number of anilines is 1. The molecule has 7 nitrogen and oxygen atoms in total. The molecule has 1 aromatic carbocycles. The van der Waals surface area contributed by atoms with Crippen molar-refractivity contribution >= 4 is 11.8 Å². The number of phenols is 1. The highest BCUT2D eigenvalue weighted by Gasteiger charge is 2.33. The van der Waals surface area contributed by atoms with Gasteiger partial charge in [0, 0.05) is 18.3 Å². The van der Waals surface area contributed by atoms with E-state index in [0.29, 0.717) is 0 Å². The largest absolute Gasteiger partial charge is 0.503 e. The summed E-state index contributed by atoms with van der Waals surface area (Å²) in [5.74, 6) is -3.36. The molecule has 1 N–H and O–H groups in total. The lowest BCUT2D eigenvalue weighted by atomic mass is 10.2. The van der Waals surface area contributed by atoms with Gasteiger partial charge in [-0.2, -0.15) is 0 Å². The Morgan fingerprint density at radius 2 is 2.10 bits per heavy atom. The Morgan fingerprint density at radius 1 is 1.38 bits per heavy atom. The SMILES string of the molecule is O=C1OC(Cn2ccnn2)CN1c1cc(F)c(O)c(F)c1. The van der Waals surface area contributed by atoms with Crippen LogP contribution in [0.15, 0.2) is 24.5 Å². The minimum absolute atomic E-state index is 0.0195. The van der Waals surface area contributed by atoms with Crippen molar-refractivity contribution in [1.82, 2.24) is 15.0 Å². The van der Waals surface area contributed by atoms with Crippen molar-refractivity contribution in [3.05, 3.63) is 36.2 Å². The van der Waals surface area contributed by atoms with Crippen LogP contribution in [0.5, 0.6) is 5.75 Å². The number of phenolic OH excluding ortho intramolecular Hbond substituents is 1. The van der Waals surface area contributed by atoms with E-state index in [2.05, 4.69) is 10.3 Å². The van der Waals surface area contributed by atoms with Crippen LogP contribution < -0.4 is 4.90 Å². The summed E-state index contributed by atoms with van der Waals surface area (Å²) in [6.45, 7) is 0.396. The Bertz CT molecular complexity index is 654. The van der Waals surface area contributed by atoms with Crippen LogP contribution in [0, 0.1) is 11.6 Å². The van der Waals surface area contributed by atoms with Gasteiger partial charge in [-0.1, -0.05) is 5.21 Å². The molecule has 0 bridgehead atoms. The average molecular weight is 296 g/mol. The molecule has 110 valence electrons. The number of aromatic nitrogens is 3. The number of carbonyl (C=O) groups is 1. The minimum atomic E-state index is -1.14. The van der Waals surface area contributed by atoms with Gasteiger partial charge in [0.05, 0.1) is 25.0 Å². The molecule has 1 aromatic heterocycles. The zero-order valence-electron chi connectivity index (χ0n) is 10.6. The quantitative estimate of drug-likeness (QED) is 0.923. The zero-order valence-corrected chi connectivity index (χ0v) is 10.6. The monoisotopic (exact) mass is 296 g/mol. The molecule has 21 heavy (non-hydrogen) atoms. The first-order chi connectivity index (χ1) is 10.0. The number of cyclic esters (lactones) is 1. The highest BCUT2D eigenvalue weighted by molar-refractivity contribution is 5.89. The molecule has 1 saturated heterocycles. The summed E-state index contributed by atoms with van der Waals surface area (Å²) in [7, 11) is 0. The molecule has 1 amide bonds. The lowest BCUT2D eigenvalue weighted by Crippen LogP contribution is -2.26. The van der Waals surface area contributed by atoms with Gasteiger partial charge < -0.3 is 9.84 Å². The molecule has 1 fully saturated rings. The van der Waals surface area contributed by atoms with Gasteiger partial charge >= 0.3 is 6.09 Å². The number of benzene rings is 1. The van der Waals surface area contributed by atoms with Crippen molar-refractivity contribution in [2.45, 2.75) is 12.6 Å². The van der Waals surface area contributed by atoms with Gasteiger partial charge in [-0.05, 0) is 0 Å². The highest BCUT2D eigenvalue weighted by atomic mass is 19.1. The molecular formula is C12H10F2N4O3. The van der Waals surface area contributed by atoms with Gasteiger partial charge in [-0.15, -0.1) is 5.10 Å². The van der Waals surface area contributed by atoms with Crippen molar-refractivity contribution in [2.24, 2.45) is 0 Å². The number of halogens is 2. The predicted molar refractivity (Wildman–Crippen MR) is 65.7 cm³/mol. The second-order valence-electron chi connectivity index (χ2n) is 4.50. The number of rotatable bonds is 3. The molecule has 0 radical (unpaired) electrons. The van der Waals surface area contributed by atoms with Crippen molar-refractivity contribution in [2.75, 3.05) is 11.4 Å². The summed E-state index contributed by atoms with van der Waals surface area (Å²) in [6.07, 6.45) is 1.86. The van der Waals surface area contributed by atoms with Gasteiger partial charge in [-0.25, -0.2) is 18.3 Å². The van der Waals surface area contributed by atoms with E-state index in [1.54, 1.807) is 6.20 Å². The maximum atomic E-state index is 13.3. The first-order valence-corrected chi connectivity index (χ1v) is 6.05. The summed E-state index contributed by atoms with van der Waals surface area (Å²) in [4.78, 5) is 12.9. The maximum Gasteiger partial charge on any atom is 0.414 e. The molecule has 2 aromatic rings. The molecule has 9 heteroatoms. The Hall–Kier alpha value is -2.71. The van der Waals surface area contributed by atoms with E-state index in [4.69, 9.17) is 9.84 Å². The third-order valence-corrected chi connectivity index (χ3v) is 3.05. The normalized spacial score (nSPS) is 18.1. The number of nitrogens with zero attached hydrogens (tertiary/aromatic N) is 4. The van der Waals surface area contributed by atoms with Crippen LogP contribution in [0.3, 0.4) is 0 Å². The molecule has 1 unspecified atom stereocenters. The smallest absolute Gasteiger partial charge is 0.414 e. The number of aromatic hydroxyl groups is 1. The summed E-state index contributed by atoms with van der Waals surface area (Å²) in [6, 6.07) is 1.75. The van der Waals surface area contributed by atoms with E-state index >= 15 is 0 Å². The lowest BCUT2D eigenvalue weighted by Gasteiger charge is -2.13. The third kappa shape index (κ3) is 2.49. The maximum absolute atomic E-state index is 13.3. The Labute approximate surface area is 117 Å². The standard InChI is InChI=1S/C12H10F2N4O3/c13-9-3-7(4-10(14)11(9)19)18-6-8(21-12(18)20)5-17-2-1-15-16-17/h1-4,8,19H,5-6H2. The number of hydrogen-bond acceptors (Lipinski definition) is 5. The summed E-state index contributed by atoms with van der Waals surface area (Å²) < 4.78 is 33.3. The van der Waals surface area contributed by atoms with E-state index in [0.717, 1.165) is 17.0 Å². The molecule has 1 aliphatic rings. The van der Waals surface area contributed by atoms with Crippen LogP contribution >= 0.6 is 0 Å². The Kier molecular flexibility index (Phi) is 3.16. The first-order valence-electron chi connectivity index (χ1n) is 6.05. The molecule has 2 heterocycles. The molecule has 1 aliphatic heterocycles. The fourth-order valence-electron chi connectivity index (χ4n) is 2.07. The number of ether oxygens (including phenoxy) is 1. The van der Waals surface area contributed by atoms with E-state index in [1.807, 2.05) is 0 Å². The molecule has 0 saturated carbocycles. The topological polar surface area (TPSA) is 80.5 Å². The second kappa shape index (κ2) is 5.00. The summed E-state index contributed by atoms with van der Waals surface area (Å²) in [5.41, 5.74) is -0.0195. The van der Waals surface area contributed by atoms with Gasteiger partial charge in [0.1, 0.15) is 6.10 Å².